The molecule has 4 rings (SSSR count). The number of pyridine rings is 1. The summed E-state index contributed by atoms with van der Waals surface area (Å²) in [5, 5.41) is 17.4. The minimum Gasteiger partial charge on any atom is -0.353 e. The maximum Gasteiger partial charge on any atom is 0.251 e. The fraction of sp³-hybridized carbons (Fsp3) is 0.381. The average molecular weight is 475 g/mol. The Labute approximate surface area is 191 Å². The molecule has 32 heavy (non-hydrogen) atoms. The van der Waals surface area contributed by atoms with E-state index in [1.165, 1.54) is 6.07 Å². The van der Waals surface area contributed by atoms with E-state index in [4.69, 9.17) is 16.7 Å². The van der Waals surface area contributed by atoms with Gasteiger partial charge in [0.05, 0.1) is 16.0 Å². The summed E-state index contributed by atoms with van der Waals surface area (Å²) < 4.78 is 24.2. The van der Waals surface area contributed by atoms with Crippen LogP contribution in [0.2, 0.25) is 0 Å². The van der Waals surface area contributed by atoms with Gasteiger partial charge < -0.3 is 10.2 Å². The van der Waals surface area contributed by atoms with Crippen molar-refractivity contribution in [2.45, 2.75) is 29.8 Å². The molecule has 2 aliphatic heterocycles. The molecule has 1 atom stereocenters. The van der Waals surface area contributed by atoms with Gasteiger partial charge in [0.25, 0.3) is 5.91 Å². The first-order chi connectivity index (χ1) is 15.3. The minimum absolute atomic E-state index is 0.0267. The number of alkyl halides is 1. The van der Waals surface area contributed by atoms with Gasteiger partial charge in [-0.2, -0.15) is 5.26 Å². The number of aryl methyl sites for hydroxylation is 1. The van der Waals surface area contributed by atoms with E-state index in [1.54, 1.807) is 24.4 Å². The molecule has 9 nitrogen and oxygen atoms in total. The third kappa shape index (κ3) is 4.56. The first-order valence-corrected chi connectivity index (χ1v) is 12.2. The highest BCUT2D eigenvalue weighted by atomic mass is 35.5. The zero-order chi connectivity index (χ0) is 22.9. The quantitative estimate of drug-likeness (QED) is 0.474. The number of amides is 1. The van der Waals surface area contributed by atoms with Crippen LogP contribution >= 0.6 is 11.6 Å². The Hall–Kier alpha value is -2.71. The number of fused-ring (bicyclic) bond motifs is 1. The van der Waals surface area contributed by atoms with Crippen LogP contribution in [0.3, 0.4) is 0 Å². The molecule has 1 aromatic heterocycles. The predicted molar refractivity (Wildman–Crippen MR) is 120 cm³/mol. The second-order valence-electron chi connectivity index (χ2n) is 7.83. The lowest BCUT2D eigenvalue weighted by Gasteiger charge is -2.38. The summed E-state index contributed by atoms with van der Waals surface area (Å²) >= 11 is 6.66. The Morgan fingerprint density at radius 3 is 2.72 bits per heavy atom. The highest BCUT2D eigenvalue weighted by molar-refractivity contribution is 7.89. The third-order valence-corrected chi connectivity index (χ3v) is 7.33. The first-order valence-electron chi connectivity index (χ1n) is 10.2. The predicted octanol–water partition coefficient (Wildman–Crippen LogP) is 1.16. The van der Waals surface area contributed by atoms with Gasteiger partial charge in [0.2, 0.25) is 10.0 Å². The molecule has 1 fully saturated rings. The largest absolute Gasteiger partial charge is 0.353 e. The number of anilines is 1. The summed E-state index contributed by atoms with van der Waals surface area (Å²) in [5.74, 6) is 0.386. The monoisotopic (exact) mass is 474 g/mol. The molecule has 1 amide bonds. The topological polar surface area (TPSA) is 132 Å². The van der Waals surface area contributed by atoms with Crippen LogP contribution in [0.15, 0.2) is 35.4 Å². The van der Waals surface area contributed by atoms with Crippen LogP contribution in [0.4, 0.5) is 5.82 Å². The number of nitrogens with two attached hydrogens (primary N) is 1. The fourth-order valence-corrected chi connectivity index (χ4v) is 5.28. The van der Waals surface area contributed by atoms with Gasteiger partial charge in [0.15, 0.2) is 0 Å². The minimum atomic E-state index is -3.97. The van der Waals surface area contributed by atoms with Gasteiger partial charge in [-0.25, -0.2) is 18.5 Å². The van der Waals surface area contributed by atoms with E-state index >= 15 is 0 Å². The lowest BCUT2D eigenvalue weighted by atomic mass is 10.0. The molecule has 168 valence electrons. The molecule has 1 unspecified atom stereocenters. The van der Waals surface area contributed by atoms with Crippen molar-refractivity contribution >= 4 is 33.3 Å². The SMILES string of the molecule is N#Cc1cccnc1N1CCN(C(Cl)CCc2cc3c(cc2S(N)(=O)=O)C(=O)NC3)CC1. The zero-order valence-electron chi connectivity index (χ0n) is 17.3. The van der Waals surface area contributed by atoms with Gasteiger partial charge in [0.1, 0.15) is 11.9 Å². The number of rotatable bonds is 6. The molecule has 0 saturated carbocycles. The molecule has 3 N–H and O–H groups in total. The normalized spacial score (nSPS) is 17.5. The lowest BCUT2D eigenvalue weighted by molar-refractivity contribution is 0.0965. The maximum atomic E-state index is 12.1. The number of hydrogen-bond donors (Lipinski definition) is 2. The number of hydrogen-bond acceptors (Lipinski definition) is 7. The smallest absolute Gasteiger partial charge is 0.251 e. The van der Waals surface area contributed by atoms with Crippen LogP contribution in [0, 0.1) is 11.3 Å². The molecule has 0 radical (unpaired) electrons. The number of carbonyl (C=O) groups is 1. The Kier molecular flexibility index (Phi) is 6.35. The number of nitrogens with one attached hydrogen (secondary N) is 1. The molecule has 3 heterocycles. The Morgan fingerprint density at radius 2 is 2.03 bits per heavy atom. The molecule has 2 aromatic rings. The number of sulfonamides is 1. The van der Waals surface area contributed by atoms with Crippen LogP contribution in [0.25, 0.3) is 0 Å². The van der Waals surface area contributed by atoms with E-state index in [0.717, 1.165) is 5.56 Å². The molecular weight excluding hydrogens is 452 g/mol. The van der Waals surface area contributed by atoms with E-state index < -0.39 is 10.0 Å². The molecule has 1 saturated heterocycles. The second kappa shape index (κ2) is 9.03. The van der Waals surface area contributed by atoms with E-state index in [2.05, 4.69) is 26.2 Å². The number of piperazine rings is 1. The summed E-state index contributed by atoms with van der Waals surface area (Å²) in [5.41, 5.74) is 1.93. The number of nitriles is 1. The first kappa shape index (κ1) is 22.5. The van der Waals surface area contributed by atoms with E-state index in [1.807, 2.05) is 0 Å². The fourth-order valence-electron chi connectivity index (χ4n) is 4.17. The molecule has 0 aliphatic carbocycles. The summed E-state index contributed by atoms with van der Waals surface area (Å²) in [7, 11) is -3.97. The van der Waals surface area contributed by atoms with Crippen molar-refractivity contribution in [2.75, 3.05) is 31.1 Å². The molecular formula is C21H23ClN6O3S. The highest BCUT2D eigenvalue weighted by Crippen LogP contribution is 2.27. The zero-order valence-corrected chi connectivity index (χ0v) is 18.9. The summed E-state index contributed by atoms with van der Waals surface area (Å²) in [6.45, 7) is 3.13. The number of halogens is 1. The molecule has 0 spiro atoms. The molecule has 2 aliphatic rings. The van der Waals surface area contributed by atoms with Crippen LogP contribution in [-0.4, -0.2) is 55.9 Å². The van der Waals surface area contributed by atoms with Gasteiger partial charge in [-0.15, -0.1) is 11.6 Å². The molecule has 11 heteroatoms. The van der Waals surface area contributed by atoms with Gasteiger partial charge in [-0.3, -0.25) is 9.69 Å². The number of primary sulfonamides is 1. The van der Waals surface area contributed by atoms with Crippen molar-refractivity contribution in [3.63, 3.8) is 0 Å². The summed E-state index contributed by atoms with van der Waals surface area (Å²) in [6, 6.07) is 8.77. The van der Waals surface area contributed by atoms with Crippen LogP contribution in [0.5, 0.6) is 0 Å². The van der Waals surface area contributed by atoms with Crippen molar-refractivity contribution in [3.8, 4) is 6.07 Å². The Balaban J connectivity index is 1.41. The number of benzene rings is 1. The second-order valence-corrected chi connectivity index (χ2v) is 9.86. The number of carbonyl (C=O) groups excluding carboxylic acids is 1. The van der Waals surface area contributed by atoms with Crippen LogP contribution in [-0.2, 0) is 23.0 Å². The summed E-state index contributed by atoms with van der Waals surface area (Å²) in [4.78, 5) is 20.4. The van der Waals surface area contributed by atoms with Gasteiger partial charge in [0, 0.05) is 44.5 Å². The van der Waals surface area contributed by atoms with Crippen molar-refractivity contribution < 1.29 is 13.2 Å². The van der Waals surface area contributed by atoms with Gasteiger partial charge in [-0.05, 0) is 42.2 Å². The van der Waals surface area contributed by atoms with Crippen LogP contribution < -0.4 is 15.4 Å². The van der Waals surface area contributed by atoms with Crippen molar-refractivity contribution in [1.29, 1.82) is 5.26 Å². The molecule has 1 aromatic carbocycles. The van der Waals surface area contributed by atoms with E-state index in [0.29, 0.717) is 68.1 Å². The number of nitrogens with zero attached hydrogens (tertiary/aromatic N) is 4. The van der Waals surface area contributed by atoms with E-state index in [9.17, 15) is 18.5 Å². The standard InChI is InChI=1S/C21H23ClN6O3S/c22-19(27-6-8-28(9-7-27)20-15(12-23)2-1-5-25-20)4-3-14-10-16-13-26-21(29)17(16)11-18(14)32(24,30)31/h1-2,5,10-11,19H,3-4,6-9,13H2,(H,26,29)(H2,24,30,31). The van der Waals surface area contributed by atoms with E-state index in [-0.39, 0.29) is 16.3 Å². The van der Waals surface area contributed by atoms with Crippen LogP contribution in [0.1, 0.15) is 33.5 Å². The number of aromatic nitrogens is 1. The average Bonchev–Trinajstić information content (AvgIpc) is 3.16. The summed E-state index contributed by atoms with van der Waals surface area (Å²) in [6.07, 6.45) is 2.62. The third-order valence-electron chi connectivity index (χ3n) is 5.85. The van der Waals surface area contributed by atoms with Crippen molar-refractivity contribution in [1.82, 2.24) is 15.2 Å². The highest BCUT2D eigenvalue weighted by Gasteiger charge is 2.27. The Bertz CT molecular complexity index is 1190. The lowest BCUT2D eigenvalue weighted by Crippen LogP contribution is -2.49. The van der Waals surface area contributed by atoms with Crippen molar-refractivity contribution in [2.24, 2.45) is 5.14 Å². The van der Waals surface area contributed by atoms with Gasteiger partial charge >= 0.3 is 0 Å². The van der Waals surface area contributed by atoms with Gasteiger partial charge in [-0.1, -0.05) is 6.07 Å². The molecule has 0 bridgehead atoms. The Morgan fingerprint density at radius 1 is 1.28 bits per heavy atom. The van der Waals surface area contributed by atoms with Crippen molar-refractivity contribution in [3.05, 3.63) is 52.7 Å². The maximum absolute atomic E-state index is 12.1.